The summed E-state index contributed by atoms with van der Waals surface area (Å²) in [5, 5.41) is 0.214. The van der Waals surface area contributed by atoms with Gasteiger partial charge in [-0.05, 0) is 6.92 Å². The molecule has 0 aromatic carbocycles. The predicted molar refractivity (Wildman–Crippen MR) is 50.1 cm³/mol. The summed E-state index contributed by atoms with van der Waals surface area (Å²) in [6, 6.07) is 1.26. The largest absolute Gasteiger partial charge is 0.383 e. The first-order valence-electron chi connectivity index (χ1n) is 3.87. The molecule has 1 heterocycles. The standard InChI is InChI=1S/C8H11ClN2O2/c1-6(4-13-2)11-5-10-7(9)3-8(11)12/h3,5-6H,4H2,1-2H3. The van der Waals surface area contributed by atoms with Crippen LogP contribution in [-0.2, 0) is 4.74 Å². The van der Waals surface area contributed by atoms with E-state index in [0.29, 0.717) is 6.61 Å². The Labute approximate surface area is 81.1 Å². The van der Waals surface area contributed by atoms with Crippen molar-refractivity contribution >= 4 is 11.6 Å². The fourth-order valence-electron chi connectivity index (χ4n) is 1.04. The number of halogens is 1. The summed E-state index contributed by atoms with van der Waals surface area (Å²) in [5.74, 6) is 0. The van der Waals surface area contributed by atoms with Crippen LogP contribution >= 0.6 is 11.6 Å². The van der Waals surface area contributed by atoms with E-state index in [-0.39, 0.29) is 16.8 Å². The number of ether oxygens (including phenoxy) is 1. The zero-order chi connectivity index (χ0) is 9.84. The van der Waals surface area contributed by atoms with Gasteiger partial charge in [-0.2, -0.15) is 0 Å². The summed E-state index contributed by atoms with van der Waals surface area (Å²) in [7, 11) is 1.59. The predicted octanol–water partition coefficient (Wildman–Crippen LogP) is 1.10. The highest BCUT2D eigenvalue weighted by molar-refractivity contribution is 6.29. The molecule has 0 aliphatic rings. The van der Waals surface area contributed by atoms with Crippen LogP contribution in [0.5, 0.6) is 0 Å². The number of hydrogen-bond donors (Lipinski definition) is 0. The van der Waals surface area contributed by atoms with Gasteiger partial charge in [0.25, 0.3) is 5.56 Å². The Bertz CT molecular complexity index is 337. The molecule has 0 aliphatic heterocycles. The molecule has 5 heteroatoms. The highest BCUT2D eigenvalue weighted by Crippen LogP contribution is 2.03. The zero-order valence-electron chi connectivity index (χ0n) is 7.53. The molecule has 13 heavy (non-hydrogen) atoms. The van der Waals surface area contributed by atoms with Crippen LogP contribution in [-0.4, -0.2) is 23.3 Å². The van der Waals surface area contributed by atoms with Crippen LogP contribution in [0.4, 0.5) is 0 Å². The van der Waals surface area contributed by atoms with E-state index in [1.165, 1.54) is 17.0 Å². The summed E-state index contributed by atoms with van der Waals surface area (Å²) in [6.07, 6.45) is 1.42. The van der Waals surface area contributed by atoms with E-state index >= 15 is 0 Å². The fraction of sp³-hybridized carbons (Fsp3) is 0.500. The van der Waals surface area contributed by atoms with Crippen molar-refractivity contribution < 1.29 is 4.74 Å². The first-order valence-corrected chi connectivity index (χ1v) is 4.25. The first kappa shape index (κ1) is 10.2. The van der Waals surface area contributed by atoms with Gasteiger partial charge in [-0.1, -0.05) is 11.6 Å². The van der Waals surface area contributed by atoms with Crippen molar-refractivity contribution in [3.05, 3.63) is 27.9 Å². The van der Waals surface area contributed by atoms with E-state index in [1.807, 2.05) is 6.92 Å². The van der Waals surface area contributed by atoms with Gasteiger partial charge >= 0.3 is 0 Å². The van der Waals surface area contributed by atoms with Gasteiger partial charge in [-0.15, -0.1) is 0 Å². The summed E-state index contributed by atoms with van der Waals surface area (Å²) < 4.78 is 6.40. The van der Waals surface area contributed by atoms with E-state index in [9.17, 15) is 4.79 Å². The maximum Gasteiger partial charge on any atom is 0.255 e. The smallest absolute Gasteiger partial charge is 0.255 e. The molecule has 0 radical (unpaired) electrons. The Morgan fingerprint density at radius 2 is 2.46 bits per heavy atom. The van der Waals surface area contributed by atoms with Gasteiger partial charge in [0.05, 0.1) is 19.0 Å². The van der Waals surface area contributed by atoms with Crippen LogP contribution in [0.25, 0.3) is 0 Å². The molecule has 0 saturated carbocycles. The van der Waals surface area contributed by atoms with E-state index in [1.54, 1.807) is 7.11 Å². The van der Waals surface area contributed by atoms with Crippen molar-refractivity contribution in [3.63, 3.8) is 0 Å². The molecule has 0 saturated heterocycles. The van der Waals surface area contributed by atoms with Gasteiger partial charge in [0.1, 0.15) is 5.15 Å². The Morgan fingerprint density at radius 3 is 3.00 bits per heavy atom. The average molecular weight is 203 g/mol. The number of nitrogens with zero attached hydrogens (tertiary/aromatic N) is 2. The zero-order valence-corrected chi connectivity index (χ0v) is 8.28. The third-order valence-corrected chi connectivity index (χ3v) is 1.89. The van der Waals surface area contributed by atoms with Gasteiger partial charge in [-0.3, -0.25) is 9.36 Å². The first-order chi connectivity index (χ1) is 6.15. The van der Waals surface area contributed by atoms with Crippen molar-refractivity contribution in [3.8, 4) is 0 Å². The second kappa shape index (κ2) is 4.39. The highest BCUT2D eigenvalue weighted by Gasteiger charge is 2.06. The van der Waals surface area contributed by atoms with E-state index in [4.69, 9.17) is 16.3 Å². The molecule has 0 amide bonds. The minimum Gasteiger partial charge on any atom is -0.383 e. The summed E-state index contributed by atoms with van der Waals surface area (Å²) in [6.45, 7) is 2.35. The van der Waals surface area contributed by atoms with E-state index < -0.39 is 0 Å². The maximum absolute atomic E-state index is 11.3. The molecule has 1 aromatic rings. The van der Waals surface area contributed by atoms with Crippen LogP contribution in [0, 0.1) is 0 Å². The SMILES string of the molecule is COCC(C)n1cnc(Cl)cc1=O. The Kier molecular flexibility index (Phi) is 3.45. The monoisotopic (exact) mass is 202 g/mol. The summed E-state index contributed by atoms with van der Waals surface area (Å²) in [4.78, 5) is 15.2. The van der Waals surface area contributed by atoms with Gasteiger partial charge in [0.15, 0.2) is 0 Å². The number of methoxy groups -OCH3 is 1. The molecule has 0 N–H and O–H groups in total. The third kappa shape index (κ3) is 2.54. The molecule has 0 spiro atoms. The van der Waals surface area contributed by atoms with Gasteiger partial charge < -0.3 is 4.74 Å². The lowest BCUT2D eigenvalue weighted by atomic mass is 10.3. The molecule has 0 aliphatic carbocycles. The van der Waals surface area contributed by atoms with E-state index in [0.717, 1.165) is 0 Å². The molecular formula is C8H11ClN2O2. The summed E-state index contributed by atoms with van der Waals surface area (Å²) in [5.41, 5.74) is -0.162. The highest BCUT2D eigenvalue weighted by atomic mass is 35.5. The van der Waals surface area contributed by atoms with Crippen LogP contribution in [0.1, 0.15) is 13.0 Å². The topological polar surface area (TPSA) is 44.1 Å². The van der Waals surface area contributed by atoms with Gasteiger partial charge in [-0.25, -0.2) is 4.98 Å². The minimum atomic E-state index is -0.162. The van der Waals surface area contributed by atoms with Crippen molar-refractivity contribution in [2.24, 2.45) is 0 Å². The lowest BCUT2D eigenvalue weighted by Crippen LogP contribution is -2.25. The molecule has 0 bridgehead atoms. The molecule has 4 nitrogen and oxygen atoms in total. The molecule has 0 fully saturated rings. The van der Waals surface area contributed by atoms with Crippen molar-refractivity contribution in [1.29, 1.82) is 0 Å². The van der Waals surface area contributed by atoms with Gasteiger partial charge in [0, 0.05) is 13.2 Å². The minimum absolute atomic E-state index is 0.0257. The summed E-state index contributed by atoms with van der Waals surface area (Å²) >= 11 is 5.54. The maximum atomic E-state index is 11.3. The van der Waals surface area contributed by atoms with E-state index in [2.05, 4.69) is 4.98 Å². The molecule has 72 valence electrons. The fourth-order valence-corrected chi connectivity index (χ4v) is 1.18. The number of hydrogen-bond acceptors (Lipinski definition) is 3. The van der Waals surface area contributed by atoms with Crippen LogP contribution in [0.2, 0.25) is 5.15 Å². The second-order valence-electron chi connectivity index (χ2n) is 2.76. The lowest BCUT2D eigenvalue weighted by Gasteiger charge is -2.12. The van der Waals surface area contributed by atoms with Crippen LogP contribution in [0.15, 0.2) is 17.2 Å². The molecule has 1 aromatic heterocycles. The lowest BCUT2D eigenvalue weighted by molar-refractivity contribution is 0.160. The quantitative estimate of drug-likeness (QED) is 0.690. The molecule has 1 unspecified atom stereocenters. The molecule has 1 atom stereocenters. The number of rotatable bonds is 3. The Hall–Kier alpha value is -0.870. The van der Waals surface area contributed by atoms with Crippen LogP contribution in [0.3, 0.4) is 0 Å². The normalized spacial score (nSPS) is 12.8. The Morgan fingerprint density at radius 1 is 1.77 bits per heavy atom. The van der Waals surface area contributed by atoms with Crippen molar-refractivity contribution in [1.82, 2.24) is 9.55 Å². The van der Waals surface area contributed by atoms with Crippen LogP contribution < -0.4 is 5.56 Å². The molecular weight excluding hydrogens is 192 g/mol. The third-order valence-electron chi connectivity index (χ3n) is 1.69. The number of aromatic nitrogens is 2. The average Bonchev–Trinajstić information content (AvgIpc) is 2.04. The van der Waals surface area contributed by atoms with Gasteiger partial charge in [0.2, 0.25) is 0 Å². The second-order valence-corrected chi connectivity index (χ2v) is 3.15. The van der Waals surface area contributed by atoms with Crippen molar-refractivity contribution in [2.45, 2.75) is 13.0 Å². The Balaban J connectivity index is 2.95. The molecule has 1 rings (SSSR count). The van der Waals surface area contributed by atoms with Crippen molar-refractivity contribution in [2.75, 3.05) is 13.7 Å².